The number of methoxy groups -OCH3 is 1. The van der Waals surface area contributed by atoms with Crippen molar-refractivity contribution in [1.29, 1.82) is 0 Å². The van der Waals surface area contributed by atoms with E-state index in [2.05, 4.69) is 20.7 Å². The van der Waals surface area contributed by atoms with Gasteiger partial charge in [-0.1, -0.05) is 6.07 Å². The predicted octanol–water partition coefficient (Wildman–Crippen LogP) is 1.41. The number of anilines is 4. The number of benzene rings is 1. The quantitative estimate of drug-likeness (QED) is 0.485. The van der Waals surface area contributed by atoms with Crippen molar-refractivity contribution in [1.82, 2.24) is 9.97 Å². The zero-order valence-electron chi connectivity index (χ0n) is 10.8. The lowest BCUT2D eigenvalue weighted by Crippen LogP contribution is -2.11. The smallest absolute Gasteiger partial charge is 0.223 e. The molecule has 0 bridgehead atoms. The van der Waals surface area contributed by atoms with E-state index < -0.39 is 0 Å². The van der Waals surface area contributed by atoms with Crippen LogP contribution in [0.15, 0.2) is 24.3 Å². The Morgan fingerprint density at radius 3 is 2.58 bits per heavy atom. The maximum atomic E-state index is 5.60. The molecular weight excluding hydrogens is 244 g/mol. The van der Waals surface area contributed by atoms with E-state index in [1.807, 2.05) is 25.1 Å². The maximum absolute atomic E-state index is 5.60. The average molecular weight is 260 g/mol. The SMILES string of the molecule is COc1ccc(C)cc1Nc1cc(NN)nc(N)n1. The Labute approximate surface area is 111 Å². The van der Waals surface area contributed by atoms with Crippen molar-refractivity contribution in [3.05, 3.63) is 29.8 Å². The topological polar surface area (TPSA) is 111 Å². The Morgan fingerprint density at radius 2 is 1.89 bits per heavy atom. The van der Waals surface area contributed by atoms with Gasteiger partial charge in [-0.2, -0.15) is 9.97 Å². The van der Waals surface area contributed by atoms with Crippen molar-refractivity contribution < 1.29 is 4.74 Å². The summed E-state index contributed by atoms with van der Waals surface area (Å²) in [4.78, 5) is 8.00. The molecule has 19 heavy (non-hydrogen) atoms. The molecule has 0 saturated carbocycles. The molecule has 0 saturated heterocycles. The van der Waals surface area contributed by atoms with E-state index >= 15 is 0 Å². The van der Waals surface area contributed by atoms with Crippen LogP contribution >= 0.6 is 0 Å². The van der Waals surface area contributed by atoms with Gasteiger partial charge in [-0.05, 0) is 24.6 Å². The van der Waals surface area contributed by atoms with Gasteiger partial charge < -0.3 is 21.2 Å². The van der Waals surface area contributed by atoms with Crippen molar-refractivity contribution >= 4 is 23.3 Å². The molecule has 100 valence electrons. The molecule has 0 spiro atoms. The maximum Gasteiger partial charge on any atom is 0.223 e. The molecule has 1 aromatic heterocycles. The Balaban J connectivity index is 2.35. The van der Waals surface area contributed by atoms with Crippen LogP contribution < -0.4 is 27.1 Å². The second kappa shape index (κ2) is 5.40. The molecule has 7 heteroatoms. The highest BCUT2D eigenvalue weighted by Gasteiger charge is 2.06. The van der Waals surface area contributed by atoms with Gasteiger partial charge in [-0.3, -0.25) is 0 Å². The third-order valence-electron chi connectivity index (χ3n) is 2.51. The van der Waals surface area contributed by atoms with E-state index in [1.165, 1.54) is 0 Å². The Kier molecular flexibility index (Phi) is 3.67. The van der Waals surface area contributed by atoms with Crippen LogP contribution in [0.2, 0.25) is 0 Å². The van der Waals surface area contributed by atoms with Gasteiger partial charge in [0.05, 0.1) is 12.8 Å². The van der Waals surface area contributed by atoms with Gasteiger partial charge in [0.15, 0.2) is 0 Å². The Bertz CT molecular complexity index is 586. The van der Waals surface area contributed by atoms with Crippen LogP contribution in [0.25, 0.3) is 0 Å². The van der Waals surface area contributed by atoms with E-state index in [0.717, 1.165) is 11.3 Å². The van der Waals surface area contributed by atoms with Crippen LogP contribution in [0, 0.1) is 6.92 Å². The molecule has 0 unspecified atom stereocenters. The minimum absolute atomic E-state index is 0.129. The van der Waals surface area contributed by atoms with Crippen molar-refractivity contribution in [2.45, 2.75) is 6.92 Å². The molecule has 0 radical (unpaired) electrons. The molecule has 2 aromatic rings. The normalized spacial score (nSPS) is 10.1. The summed E-state index contributed by atoms with van der Waals surface area (Å²) in [5, 5.41) is 3.13. The third kappa shape index (κ3) is 3.02. The van der Waals surface area contributed by atoms with Gasteiger partial charge in [-0.25, -0.2) is 5.84 Å². The highest BCUT2D eigenvalue weighted by molar-refractivity contribution is 5.67. The monoisotopic (exact) mass is 260 g/mol. The number of ether oxygens (including phenoxy) is 1. The first-order valence-electron chi connectivity index (χ1n) is 5.65. The zero-order valence-corrected chi connectivity index (χ0v) is 10.8. The third-order valence-corrected chi connectivity index (χ3v) is 2.51. The molecule has 0 aliphatic carbocycles. The first-order chi connectivity index (χ1) is 9.12. The van der Waals surface area contributed by atoms with Crippen molar-refractivity contribution in [2.75, 3.05) is 23.6 Å². The summed E-state index contributed by atoms with van der Waals surface area (Å²) in [7, 11) is 1.61. The molecule has 2 rings (SSSR count). The van der Waals surface area contributed by atoms with Crippen molar-refractivity contribution in [2.24, 2.45) is 5.84 Å². The molecule has 6 N–H and O–H groups in total. The van der Waals surface area contributed by atoms with Crippen LogP contribution in [0.5, 0.6) is 5.75 Å². The molecule has 0 aliphatic rings. The number of nitrogens with zero attached hydrogens (tertiary/aromatic N) is 2. The highest BCUT2D eigenvalue weighted by atomic mass is 16.5. The van der Waals surface area contributed by atoms with E-state index in [0.29, 0.717) is 17.4 Å². The van der Waals surface area contributed by atoms with Gasteiger partial charge >= 0.3 is 0 Å². The van der Waals surface area contributed by atoms with Gasteiger partial charge in [0, 0.05) is 6.07 Å². The first kappa shape index (κ1) is 12.9. The highest BCUT2D eigenvalue weighted by Crippen LogP contribution is 2.28. The standard InChI is InChI=1S/C12H16N6O/c1-7-3-4-9(19-2)8(5-7)15-10-6-11(18-14)17-12(13)16-10/h3-6H,14H2,1-2H3,(H4,13,15,16,17,18). The lowest BCUT2D eigenvalue weighted by Gasteiger charge is -2.12. The van der Waals surface area contributed by atoms with Crippen LogP contribution in [0.1, 0.15) is 5.56 Å². The molecular formula is C12H16N6O. The van der Waals surface area contributed by atoms with E-state index in [-0.39, 0.29) is 5.95 Å². The number of aryl methyl sites for hydroxylation is 1. The van der Waals surface area contributed by atoms with Crippen molar-refractivity contribution in [3.8, 4) is 5.75 Å². The van der Waals surface area contributed by atoms with E-state index in [9.17, 15) is 0 Å². The van der Waals surface area contributed by atoms with E-state index in [1.54, 1.807) is 13.2 Å². The summed E-state index contributed by atoms with van der Waals surface area (Å²) >= 11 is 0. The number of hydrogen-bond acceptors (Lipinski definition) is 7. The van der Waals surface area contributed by atoms with Gasteiger partial charge in [0.2, 0.25) is 5.95 Å². The summed E-state index contributed by atoms with van der Waals surface area (Å²) in [6.07, 6.45) is 0. The van der Waals surface area contributed by atoms with Crippen LogP contribution in [-0.2, 0) is 0 Å². The number of nitrogen functional groups attached to an aromatic ring is 2. The van der Waals surface area contributed by atoms with Gasteiger partial charge in [0.1, 0.15) is 17.4 Å². The molecule has 0 aliphatic heterocycles. The summed E-state index contributed by atoms with van der Waals surface area (Å²) in [6, 6.07) is 7.44. The molecule has 0 atom stereocenters. The number of aromatic nitrogens is 2. The molecule has 0 amide bonds. The van der Waals surface area contributed by atoms with Gasteiger partial charge in [-0.15, -0.1) is 0 Å². The minimum Gasteiger partial charge on any atom is -0.495 e. The summed E-state index contributed by atoms with van der Waals surface area (Å²) in [6.45, 7) is 1.99. The lowest BCUT2D eigenvalue weighted by atomic mass is 10.2. The number of hydrazine groups is 1. The first-order valence-corrected chi connectivity index (χ1v) is 5.65. The lowest BCUT2D eigenvalue weighted by molar-refractivity contribution is 0.416. The summed E-state index contributed by atoms with van der Waals surface area (Å²) < 4.78 is 5.28. The molecule has 0 fully saturated rings. The summed E-state index contributed by atoms with van der Waals surface area (Å²) in [5.74, 6) is 7.12. The zero-order chi connectivity index (χ0) is 13.8. The van der Waals surface area contributed by atoms with Crippen molar-refractivity contribution in [3.63, 3.8) is 0 Å². The number of nitrogens with two attached hydrogens (primary N) is 2. The minimum atomic E-state index is 0.129. The predicted molar refractivity (Wildman–Crippen MR) is 75.3 cm³/mol. The summed E-state index contributed by atoms with van der Waals surface area (Å²) in [5.41, 5.74) is 9.93. The Morgan fingerprint density at radius 1 is 1.16 bits per heavy atom. The fourth-order valence-corrected chi connectivity index (χ4v) is 1.66. The van der Waals surface area contributed by atoms with E-state index in [4.69, 9.17) is 16.3 Å². The molecule has 7 nitrogen and oxygen atoms in total. The number of hydrogen-bond donors (Lipinski definition) is 4. The molecule has 1 aromatic carbocycles. The van der Waals surface area contributed by atoms with Crippen LogP contribution in [-0.4, -0.2) is 17.1 Å². The number of nitrogens with one attached hydrogen (secondary N) is 2. The Hall–Kier alpha value is -2.54. The molecule has 1 heterocycles. The van der Waals surface area contributed by atoms with Gasteiger partial charge in [0.25, 0.3) is 0 Å². The fourth-order valence-electron chi connectivity index (χ4n) is 1.66. The van der Waals surface area contributed by atoms with Crippen LogP contribution in [0.4, 0.5) is 23.3 Å². The second-order valence-corrected chi connectivity index (χ2v) is 3.97. The van der Waals surface area contributed by atoms with Crippen LogP contribution in [0.3, 0.4) is 0 Å². The second-order valence-electron chi connectivity index (χ2n) is 3.97. The number of rotatable bonds is 4. The largest absolute Gasteiger partial charge is 0.495 e. The fraction of sp³-hybridized carbons (Fsp3) is 0.167. The average Bonchev–Trinajstić information content (AvgIpc) is 2.38.